The van der Waals surface area contributed by atoms with Crippen LogP contribution < -0.4 is 5.69 Å². The Labute approximate surface area is 198 Å². The van der Waals surface area contributed by atoms with Crippen molar-refractivity contribution in [3.05, 3.63) is 70.4 Å². The van der Waals surface area contributed by atoms with Crippen molar-refractivity contribution >= 4 is 0 Å². The van der Waals surface area contributed by atoms with Crippen LogP contribution in [0.4, 0.5) is 0 Å². The third-order valence-electron chi connectivity index (χ3n) is 5.75. The molecule has 9 heteroatoms. The summed E-state index contributed by atoms with van der Waals surface area (Å²) in [6.07, 6.45) is 2.75. The van der Waals surface area contributed by atoms with Crippen LogP contribution in [0.3, 0.4) is 0 Å². The van der Waals surface area contributed by atoms with Gasteiger partial charge < -0.3 is 4.74 Å². The molecule has 0 aliphatic heterocycles. The summed E-state index contributed by atoms with van der Waals surface area (Å²) in [5.41, 5.74) is 3.92. The molecule has 1 N–H and O–H groups in total. The quantitative estimate of drug-likeness (QED) is 0.365. The van der Waals surface area contributed by atoms with Gasteiger partial charge in [-0.1, -0.05) is 61.9 Å². The Morgan fingerprint density at radius 1 is 1.06 bits per heavy atom. The highest BCUT2D eigenvalue weighted by Crippen LogP contribution is 2.29. The lowest BCUT2D eigenvalue weighted by atomic mass is 9.98. The Morgan fingerprint density at radius 2 is 1.82 bits per heavy atom. The van der Waals surface area contributed by atoms with E-state index in [4.69, 9.17) is 4.74 Å². The van der Waals surface area contributed by atoms with Gasteiger partial charge in [0.05, 0.1) is 19.2 Å². The van der Waals surface area contributed by atoms with Gasteiger partial charge in [0.1, 0.15) is 5.82 Å². The summed E-state index contributed by atoms with van der Waals surface area (Å²) in [5, 5.41) is 19.1. The van der Waals surface area contributed by atoms with Gasteiger partial charge >= 0.3 is 5.69 Å². The number of rotatable bonds is 11. The zero-order valence-corrected chi connectivity index (χ0v) is 19.9. The molecule has 2 aromatic carbocycles. The molecule has 0 radical (unpaired) electrons. The van der Waals surface area contributed by atoms with Crippen LogP contribution in [0.5, 0.6) is 0 Å². The summed E-state index contributed by atoms with van der Waals surface area (Å²) in [6, 6.07) is 16.2. The molecule has 34 heavy (non-hydrogen) atoms. The second kappa shape index (κ2) is 11.0. The van der Waals surface area contributed by atoms with Crippen LogP contribution in [-0.4, -0.2) is 47.7 Å². The number of hydrogen-bond donors (Lipinski definition) is 1. The fourth-order valence-electron chi connectivity index (χ4n) is 4.04. The first-order valence-corrected chi connectivity index (χ1v) is 11.8. The average molecular weight is 462 g/mol. The van der Waals surface area contributed by atoms with Gasteiger partial charge in [0.2, 0.25) is 5.82 Å². The van der Waals surface area contributed by atoms with Crippen LogP contribution in [0.15, 0.2) is 53.3 Å². The molecule has 0 amide bonds. The van der Waals surface area contributed by atoms with Gasteiger partial charge in [-0.2, -0.15) is 10.3 Å². The van der Waals surface area contributed by atoms with E-state index in [9.17, 15) is 4.79 Å². The third-order valence-corrected chi connectivity index (χ3v) is 5.75. The van der Waals surface area contributed by atoms with Crippen molar-refractivity contribution in [2.24, 2.45) is 0 Å². The van der Waals surface area contributed by atoms with Crippen molar-refractivity contribution in [1.29, 1.82) is 0 Å². The molecule has 9 nitrogen and oxygen atoms in total. The maximum Gasteiger partial charge on any atom is 0.346 e. The van der Waals surface area contributed by atoms with E-state index in [1.807, 2.05) is 38.1 Å². The summed E-state index contributed by atoms with van der Waals surface area (Å²) in [7, 11) is 0. The van der Waals surface area contributed by atoms with Crippen molar-refractivity contribution in [3.8, 4) is 22.5 Å². The molecule has 1 unspecified atom stereocenters. The lowest BCUT2D eigenvalue weighted by Gasteiger charge is -2.10. The maximum atomic E-state index is 13.1. The van der Waals surface area contributed by atoms with Gasteiger partial charge in [-0.15, -0.1) is 10.2 Å². The van der Waals surface area contributed by atoms with Gasteiger partial charge in [-0.05, 0) is 42.2 Å². The van der Waals surface area contributed by atoms with Crippen molar-refractivity contribution in [3.63, 3.8) is 0 Å². The lowest BCUT2D eigenvalue weighted by molar-refractivity contribution is 0.0605. The zero-order chi connectivity index (χ0) is 23.9. The minimum absolute atomic E-state index is 0.0661. The van der Waals surface area contributed by atoms with E-state index in [-0.39, 0.29) is 11.8 Å². The highest BCUT2D eigenvalue weighted by atomic mass is 16.5. The van der Waals surface area contributed by atoms with Crippen LogP contribution >= 0.6 is 0 Å². The number of H-pyrrole nitrogens is 1. The van der Waals surface area contributed by atoms with Crippen molar-refractivity contribution < 1.29 is 4.74 Å². The van der Waals surface area contributed by atoms with E-state index in [1.54, 1.807) is 9.25 Å². The van der Waals surface area contributed by atoms with Crippen molar-refractivity contribution in [2.45, 2.75) is 59.2 Å². The Kier molecular flexibility index (Phi) is 7.64. The van der Waals surface area contributed by atoms with E-state index in [0.717, 1.165) is 47.3 Å². The number of tetrazole rings is 1. The number of nitrogens with one attached hydrogen (secondary N) is 1. The van der Waals surface area contributed by atoms with E-state index in [1.165, 1.54) is 0 Å². The van der Waals surface area contributed by atoms with E-state index < -0.39 is 0 Å². The highest BCUT2D eigenvalue weighted by Gasteiger charge is 2.16. The fraction of sp³-hybridized carbons (Fsp3) is 0.400. The van der Waals surface area contributed by atoms with Crippen LogP contribution in [0.2, 0.25) is 0 Å². The van der Waals surface area contributed by atoms with Gasteiger partial charge in [0, 0.05) is 18.6 Å². The summed E-state index contributed by atoms with van der Waals surface area (Å²) >= 11 is 0. The number of aryl methyl sites for hydroxylation is 1. The number of aromatic nitrogens is 7. The minimum Gasteiger partial charge on any atom is -0.377 e. The Morgan fingerprint density at radius 3 is 2.50 bits per heavy atom. The molecule has 0 bridgehead atoms. The molecule has 0 saturated heterocycles. The van der Waals surface area contributed by atoms with E-state index >= 15 is 0 Å². The van der Waals surface area contributed by atoms with Gasteiger partial charge in [0.15, 0.2) is 0 Å². The minimum atomic E-state index is -0.0933. The number of ether oxygens (including phenoxy) is 1. The second-order valence-corrected chi connectivity index (χ2v) is 8.31. The molecule has 178 valence electrons. The van der Waals surface area contributed by atoms with Crippen LogP contribution in [-0.2, 0) is 24.2 Å². The molecule has 4 aromatic rings. The number of unbranched alkanes of at least 4 members (excludes halogenated alkanes) is 1. The lowest BCUT2D eigenvalue weighted by Crippen LogP contribution is -2.30. The number of benzene rings is 2. The maximum absolute atomic E-state index is 13.1. The first-order chi connectivity index (χ1) is 16.6. The Balaban J connectivity index is 1.59. The van der Waals surface area contributed by atoms with Crippen molar-refractivity contribution in [1.82, 2.24) is 35.0 Å². The Bertz CT molecular complexity index is 1240. The van der Waals surface area contributed by atoms with Gasteiger partial charge in [-0.3, -0.25) is 4.57 Å². The summed E-state index contributed by atoms with van der Waals surface area (Å²) in [5.74, 6) is 1.38. The summed E-state index contributed by atoms with van der Waals surface area (Å²) in [6.45, 7) is 7.60. The number of aromatic amines is 1. The molecule has 0 fully saturated rings. The average Bonchev–Trinajstić information content (AvgIpc) is 3.48. The molecular formula is C25H31N7O2. The first-order valence-electron chi connectivity index (χ1n) is 11.8. The largest absolute Gasteiger partial charge is 0.377 e. The highest BCUT2D eigenvalue weighted by molar-refractivity contribution is 5.80. The molecule has 4 rings (SSSR count). The summed E-state index contributed by atoms with van der Waals surface area (Å²) < 4.78 is 8.95. The SMILES string of the molecule is CCCCc1nn(CC(C)OCC)c(=O)n1Cc1ccc(-c2ccccc2-c2nn[nH]n2)cc1. The number of nitrogens with zero attached hydrogens (tertiary/aromatic N) is 6. The third kappa shape index (κ3) is 5.31. The first kappa shape index (κ1) is 23.6. The molecule has 0 spiro atoms. The van der Waals surface area contributed by atoms with E-state index in [2.05, 4.69) is 56.9 Å². The van der Waals surface area contributed by atoms with Crippen LogP contribution in [0.1, 0.15) is 45.0 Å². The topological polar surface area (TPSA) is 104 Å². The predicted octanol–water partition coefficient (Wildman–Crippen LogP) is 3.71. The second-order valence-electron chi connectivity index (χ2n) is 8.31. The normalized spacial score (nSPS) is 12.2. The molecular weight excluding hydrogens is 430 g/mol. The van der Waals surface area contributed by atoms with Crippen LogP contribution in [0, 0.1) is 0 Å². The summed E-state index contributed by atoms with van der Waals surface area (Å²) in [4.78, 5) is 13.1. The van der Waals surface area contributed by atoms with Gasteiger partial charge in [0.25, 0.3) is 0 Å². The molecule has 0 aliphatic carbocycles. The van der Waals surface area contributed by atoms with Crippen molar-refractivity contribution in [2.75, 3.05) is 6.61 Å². The fourth-order valence-corrected chi connectivity index (χ4v) is 4.04. The molecule has 0 aliphatic rings. The van der Waals surface area contributed by atoms with Crippen LogP contribution in [0.25, 0.3) is 22.5 Å². The van der Waals surface area contributed by atoms with E-state index in [0.29, 0.717) is 25.5 Å². The molecule has 0 saturated carbocycles. The smallest absolute Gasteiger partial charge is 0.346 e. The Hall–Kier alpha value is -3.59. The molecule has 2 aromatic heterocycles. The van der Waals surface area contributed by atoms with Gasteiger partial charge in [-0.25, -0.2) is 9.48 Å². The standard InChI is InChI=1S/C25H31N7O2/c1-4-6-11-23-28-32(16-18(3)34-5-2)25(33)31(23)17-19-12-14-20(15-13-19)21-9-7-8-10-22(21)24-26-29-30-27-24/h7-10,12-15,18H,4-6,11,16-17H2,1-3H3,(H,26,27,29,30). The zero-order valence-electron chi connectivity index (χ0n) is 19.9. The number of hydrogen-bond acceptors (Lipinski definition) is 6. The molecule has 1 atom stereocenters. The monoisotopic (exact) mass is 461 g/mol. The molecule has 2 heterocycles. The predicted molar refractivity (Wildman–Crippen MR) is 130 cm³/mol.